The molecule has 0 aliphatic rings. The number of thiophene rings is 1. The number of ether oxygens (including phenoxy) is 1. The molecule has 2 aromatic rings. The molecule has 0 bridgehead atoms. The van der Waals surface area contributed by atoms with E-state index in [-0.39, 0.29) is 0 Å². The average molecular weight is 305 g/mol. The monoisotopic (exact) mass is 305 g/mol. The van der Waals surface area contributed by atoms with Crippen molar-refractivity contribution in [1.82, 2.24) is 4.90 Å². The summed E-state index contributed by atoms with van der Waals surface area (Å²) in [5.74, 6) is 0.659. The molecule has 1 heterocycles. The first-order chi connectivity index (χ1) is 10.1. The highest BCUT2D eigenvalue weighted by Crippen LogP contribution is 2.10. The zero-order chi connectivity index (χ0) is 15.1. The fourth-order valence-electron chi connectivity index (χ4n) is 1.95. The predicted molar refractivity (Wildman–Crippen MR) is 87.3 cm³/mol. The molecule has 0 amide bonds. The summed E-state index contributed by atoms with van der Waals surface area (Å²) in [6.07, 6.45) is 1.06. The van der Waals surface area contributed by atoms with E-state index in [0.717, 1.165) is 19.5 Å². The van der Waals surface area contributed by atoms with E-state index in [1.807, 2.05) is 6.07 Å². The molecule has 0 saturated carbocycles. The van der Waals surface area contributed by atoms with E-state index in [1.54, 1.807) is 29.5 Å². The number of benzene rings is 1. The molecule has 112 valence electrons. The van der Waals surface area contributed by atoms with Gasteiger partial charge in [-0.2, -0.15) is 0 Å². The van der Waals surface area contributed by atoms with Crippen LogP contribution in [0, 0.1) is 0 Å². The molecular formula is C15H20BNO3S. The summed E-state index contributed by atoms with van der Waals surface area (Å²) in [5, 5.41) is 20.3. The van der Waals surface area contributed by atoms with Gasteiger partial charge in [-0.3, -0.25) is 0 Å². The Morgan fingerprint density at radius 1 is 1.19 bits per heavy atom. The van der Waals surface area contributed by atoms with Crippen molar-refractivity contribution in [2.75, 3.05) is 26.7 Å². The third kappa shape index (κ3) is 5.51. The van der Waals surface area contributed by atoms with Gasteiger partial charge < -0.3 is 19.7 Å². The van der Waals surface area contributed by atoms with Crippen LogP contribution in [0.5, 0.6) is 5.75 Å². The quantitative estimate of drug-likeness (QED) is 0.714. The van der Waals surface area contributed by atoms with Crippen LogP contribution in [0.1, 0.15) is 4.88 Å². The fourth-order valence-corrected chi connectivity index (χ4v) is 2.65. The molecule has 1 aromatic carbocycles. The second kappa shape index (κ2) is 8.19. The summed E-state index contributed by atoms with van der Waals surface area (Å²) < 4.78 is 5.64. The standard InChI is InChI=1S/C15H20BNO3S/c1-17(8-7-15-6-3-11-21-15)9-10-20-14-5-2-4-13(12-14)16(18)19/h2-6,11-12,18-19H,7-10H2,1H3. The Morgan fingerprint density at radius 2 is 2.05 bits per heavy atom. The maximum Gasteiger partial charge on any atom is 0.488 e. The fraction of sp³-hybridized carbons (Fsp3) is 0.333. The largest absolute Gasteiger partial charge is 0.492 e. The van der Waals surface area contributed by atoms with E-state index in [2.05, 4.69) is 29.5 Å². The topological polar surface area (TPSA) is 52.9 Å². The van der Waals surface area contributed by atoms with Gasteiger partial charge in [-0.25, -0.2) is 0 Å². The molecule has 0 aliphatic heterocycles. The lowest BCUT2D eigenvalue weighted by atomic mass is 9.80. The minimum Gasteiger partial charge on any atom is -0.492 e. The van der Waals surface area contributed by atoms with E-state index < -0.39 is 7.12 Å². The molecule has 0 aliphatic carbocycles. The van der Waals surface area contributed by atoms with Gasteiger partial charge in [0.2, 0.25) is 0 Å². The SMILES string of the molecule is CN(CCOc1cccc(B(O)O)c1)CCc1cccs1. The van der Waals surface area contributed by atoms with Crippen LogP contribution in [0.15, 0.2) is 41.8 Å². The summed E-state index contributed by atoms with van der Waals surface area (Å²) in [6, 6.07) is 11.1. The van der Waals surface area contributed by atoms with Crippen molar-refractivity contribution < 1.29 is 14.8 Å². The number of likely N-dealkylation sites (N-methyl/N-ethyl adjacent to an activating group) is 1. The first-order valence-electron chi connectivity index (χ1n) is 6.95. The normalized spacial score (nSPS) is 10.9. The lowest BCUT2D eigenvalue weighted by molar-refractivity contribution is 0.239. The Bertz CT molecular complexity index is 533. The number of rotatable bonds is 8. The molecule has 6 heteroatoms. The van der Waals surface area contributed by atoms with Crippen LogP contribution >= 0.6 is 11.3 Å². The van der Waals surface area contributed by atoms with E-state index in [4.69, 9.17) is 14.8 Å². The molecule has 0 atom stereocenters. The van der Waals surface area contributed by atoms with Gasteiger partial charge in [0, 0.05) is 18.0 Å². The lowest BCUT2D eigenvalue weighted by Crippen LogP contribution is -2.30. The van der Waals surface area contributed by atoms with Gasteiger partial charge in [0.15, 0.2) is 0 Å². The lowest BCUT2D eigenvalue weighted by Gasteiger charge is -2.16. The average Bonchev–Trinajstić information content (AvgIpc) is 2.99. The van der Waals surface area contributed by atoms with Crippen molar-refractivity contribution in [3.8, 4) is 5.75 Å². The van der Waals surface area contributed by atoms with Crippen molar-refractivity contribution in [2.24, 2.45) is 0 Å². The number of hydrogen-bond donors (Lipinski definition) is 2. The minimum absolute atomic E-state index is 0.443. The number of nitrogens with zero attached hydrogens (tertiary/aromatic N) is 1. The van der Waals surface area contributed by atoms with Gasteiger partial charge in [-0.15, -0.1) is 11.3 Å². The smallest absolute Gasteiger partial charge is 0.488 e. The molecule has 2 rings (SSSR count). The maximum absolute atomic E-state index is 9.11. The highest BCUT2D eigenvalue weighted by molar-refractivity contribution is 7.09. The van der Waals surface area contributed by atoms with Crippen LogP contribution in [0.25, 0.3) is 0 Å². The maximum atomic E-state index is 9.11. The predicted octanol–water partition coefficient (Wildman–Crippen LogP) is 0.981. The Balaban J connectivity index is 1.69. The molecule has 1 aromatic heterocycles. The van der Waals surface area contributed by atoms with Crippen molar-refractivity contribution >= 4 is 23.9 Å². The molecule has 0 radical (unpaired) electrons. The Hall–Kier alpha value is -1.34. The van der Waals surface area contributed by atoms with E-state index in [0.29, 0.717) is 17.8 Å². The van der Waals surface area contributed by atoms with Gasteiger partial charge >= 0.3 is 7.12 Å². The van der Waals surface area contributed by atoms with Crippen LogP contribution in [-0.4, -0.2) is 48.8 Å². The molecule has 4 nitrogen and oxygen atoms in total. The van der Waals surface area contributed by atoms with Gasteiger partial charge in [-0.1, -0.05) is 18.2 Å². The van der Waals surface area contributed by atoms with Crippen LogP contribution < -0.4 is 10.2 Å². The third-order valence-corrected chi connectivity index (χ3v) is 4.15. The summed E-state index contributed by atoms with van der Waals surface area (Å²) in [7, 11) is 0.618. The summed E-state index contributed by atoms with van der Waals surface area (Å²) >= 11 is 1.78. The molecule has 21 heavy (non-hydrogen) atoms. The van der Waals surface area contributed by atoms with Crippen molar-refractivity contribution in [2.45, 2.75) is 6.42 Å². The van der Waals surface area contributed by atoms with Gasteiger partial charge in [0.05, 0.1) is 0 Å². The van der Waals surface area contributed by atoms with Crippen LogP contribution in [0.4, 0.5) is 0 Å². The molecule has 2 N–H and O–H groups in total. The second-order valence-electron chi connectivity index (χ2n) is 4.93. The van der Waals surface area contributed by atoms with Crippen LogP contribution in [0.3, 0.4) is 0 Å². The minimum atomic E-state index is -1.46. The van der Waals surface area contributed by atoms with E-state index >= 15 is 0 Å². The molecule has 0 unspecified atom stereocenters. The van der Waals surface area contributed by atoms with E-state index in [1.165, 1.54) is 4.88 Å². The van der Waals surface area contributed by atoms with Gasteiger partial charge in [0.25, 0.3) is 0 Å². The molecular weight excluding hydrogens is 285 g/mol. The third-order valence-electron chi connectivity index (χ3n) is 3.22. The Morgan fingerprint density at radius 3 is 2.76 bits per heavy atom. The first kappa shape index (κ1) is 16.0. The summed E-state index contributed by atoms with van der Waals surface area (Å²) in [5.41, 5.74) is 0.443. The van der Waals surface area contributed by atoms with Crippen molar-refractivity contribution in [3.63, 3.8) is 0 Å². The second-order valence-corrected chi connectivity index (χ2v) is 5.96. The molecule has 0 fully saturated rings. The first-order valence-corrected chi connectivity index (χ1v) is 7.83. The van der Waals surface area contributed by atoms with E-state index in [9.17, 15) is 0 Å². The van der Waals surface area contributed by atoms with Crippen LogP contribution in [0.2, 0.25) is 0 Å². The van der Waals surface area contributed by atoms with Crippen molar-refractivity contribution in [1.29, 1.82) is 0 Å². The van der Waals surface area contributed by atoms with Gasteiger partial charge in [-0.05, 0) is 42.5 Å². The highest BCUT2D eigenvalue weighted by Gasteiger charge is 2.11. The van der Waals surface area contributed by atoms with Crippen LogP contribution in [-0.2, 0) is 6.42 Å². The highest BCUT2D eigenvalue weighted by atomic mass is 32.1. The Kier molecular flexibility index (Phi) is 6.26. The zero-order valence-corrected chi connectivity index (χ0v) is 12.9. The van der Waals surface area contributed by atoms with Crippen molar-refractivity contribution in [3.05, 3.63) is 46.7 Å². The number of hydrogen-bond acceptors (Lipinski definition) is 5. The Labute approximate surface area is 129 Å². The molecule has 0 saturated heterocycles. The summed E-state index contributed by atoms with van der Waals surface area (Å²) in [4.78, 5) is 3.62. The summed E-state index contributed by atoms with van der Waals surface area (Å²) in [6.45, 7) is 2.41. The van der Waals surface area contributed by atoms with Gasteiger partial charge in [0.1, 0.15) is 12.4 Å². The molecule has 0 spiro atoms. The zero-order valence-electron chi connectivity index (χ0n) is 12.1.